The molecule has 0 amide bonds. The van der Waals surface area contributed by atoms with E-state index in [2.05, 4.69) is 39.9 Å². The molecule has 2 unspecified atom stereocenters. The van der Waals surface area contributed by atoms with E-state index < -0.39 is 23.3 Å². The van der Waals surface area contributed by atoms with Gasteiger partial charge in [0, 0.05) is 59.0 Å². The Morgan fingerprint density at radius 3 is 2.65 bits per heavy atom. The van der Waals surface area contributed by atoms with Gasteiger partial charge in [-0.25, -0.2) is 13.2 Å². The molecular formula is C36H36F3N5O2. The lowest BCUT2D eigenvalue weighted by molar-refractivity contribution is 0.107. The maximum atomic E-state index is 17.0. The second-order valence-electron chi connectivity index (χ2n) is 14.3. The van der Waals surface area contributed by atoms with E-state index >= 15 is 8.78 Å². The molecule has 0 aliphatic carbocycles. The summed E-state index contributed by atoms with van der Waals surface area (Å²) in [5.74, 6) is 1.13. The predicted octanol–water partition coefficient (Wildman–Crippen LogP) is 6.09. The Morgan fingerprint density at radius 2 is 1.89 bits per heavy atom. The Hall–Kier alpha value is -4.07. The Labute approximate surface area is 265 Å². The zero-order chi connectivity index (χ0) is 32.0. The Balaban J connectivity index is 1.31. The molecule has 8 rings (SSSR count). The number of alkyl halides is 1. The van der Waals surface area contributed by atoms with Crippen molar-refractivity contribution in [2.75, 3.05) is 37.7 Å². The van der Waals surface area contributed by atoms with Crippen molar-refractivity contribution in [3.63, 3.8) is 0 Å². The van der Waals surface area contributed by atoms with E-state index in [0.29, 0.717) is 48.2 Å². The third kappa shape index (κ3) is 4.58. The van der Waals surface area contributed by atoms with Crippen LogP contribution in [0.5, 0.6) is 11.8 Å². The van der Waals surface area contributed by atoms with E-state index in [1.807, 2.05) is 0 Å². The highest BCUT2D eigenvalue weighted by molar-refractivity contribution is 6.04. The minimum atomic E-state index is -0.928. The number of hydrogen-bond donors (Lipinski definition) is 2. The lowest BCUT2D eigenvalue weighted by Gasteiger charge is -2.45. The van der Waals surface area contributed by atoms with Crippen molar-refractivity contribution < 1.29 is 23.0 Å². The maximum Gasteiger partial charge on any atom is 0.319 e. The number of terminal acetylenes is 1. The van der Waals surface area contributed by atoms with Gasteiger partial charge in [-0.05, 0) is 75.7 Å². The molecule has 4 fully saturated rings. The molecule has 4 aliphatic rings. The molecule has 5 heterocycles. The number of piperazine rings is 1. The molecule has 0 saturated carbocycles. The molecule has 0 spiro atoms. The summed E-state index contributed by atoms with van der Waals surface area (Å²) in [4.78, 5) is 13.6. The molecule has 2 N–H and O–H groups in total. The number of ether oxygens (including phenoxy) is 1. The third-order valence-electron chi connectivity index (χ3n) is 10.7. The monoisotopic (exact) mass is 627 g/mol. The summed E-state index contributed by atoms with van der Waals surface area (Å²) >= 11 is 0. The van der Waals surface area contributed by atoms with Crippen LogP contribution in [0.25, 0.3) is 32.8 Å². The van der Waals surface area contributed by atoms with Crippen LogP contribution in [-0.2, 0) is 0 Å². The first-order valence-electron chi connectivity index (χ1n) is 16.0. The lowest BCUT2D eigenvalue weighted by atomic mass is 9.92. The number of aromatic nitrogens is 2. The molecule has 2 bridgehead atoms. The standard InChI is InChI=1S/C36H36F3N5O2/c1-4-21-7-5-8-22-13-24(45)14-25(28(21)22)29-27(38)15-26-31(30(29)39)40-33(46-20-36-9-6-12-44(36)17-23(37)16-36)41-32(26)43-18-34(2)10-11-35(3,19-43)42-34/h1,5,7-8,13-15,23,42,45H,6,9-12,16-20H2,2-3H3/t23-,34?,35?,36+/m1/s1. The second-order valence-corrected chi connectivity index (χ2v) is 14.3. The number of nitrogens with zero attached hydrogens (tertiary/aromatic N) is 4. The summed E-state index contributed by atoms with van der Waals surface area (Å²) in [5.41, 5.74) is -0.713. The molecule has 4 saturated heterocycles. The number of aromatic hydroxyl groups is 1. The van der Waals surface area contributed by atoms with E-state index in [9.17, 15) is 9.50 Å². The SMILES string of the molecule is C#Cc1cccc2cc(O)cc(-c3c(F)cc4c(N5CC6(C)CCC(C)(C5)N6)nc(OC[C@@]56CCCN5C[C@H](F)C6)nc4c3F)c12. The van der Waals surface area contributed by atoms with Gasteiger partial charge in [0.2, 0.25) is 0 Å². The van der Waals surface area contributed by atoms with E-state index in [-0.39, 0.29) is 51.5 Å². The summed E-state index contributed by atoms with van der Waals surface area (Å²) < 4.78 is 54.1. The number of phenolic OH excluding ortho intramolecular Hbond substituents is 1. The number of fused-ring (bicyclic) bond motifs is 5. The van der Waals surface area contributed by atoms with Crippen LogP contribution in [0.2, 0.25) is 0 Å². The van der Waals surface area contributed by atoms with E-state index in [1.54, 1.807) is 18.2 Å². The van der Waals surface area contributed by atoms with Crippen LogP contribution in [0.15, 0.2) is 36.4 Å². The first kappa shape index (κ1) is 29.3. The summed E-state index contributed by atoms with van der Waals surface area (Å²) in [6.45, 7) is 6.84. The zero-order valence-electron chi connectivity index (χ0n) is 26.0. The smallest absolute Gasteiger partial charge is 0.319 e. The maximum absolute atomic E-state index is 17.0. The highest BCUT2D eigenvalue weighted by atomic mass is 19.1. The van der Waals surface area contributed by atoms with Crippen molar-refractivity contribution in [3.8, 4) is 35.2 Å². The molecule has 10 heteroatoms. The fourth-order valence-corrected chi connectivity index (χ4v) is 8.78. The first-order valence-corrected chi connectivity index (χ1v) is 16.0. The molecule has 4 aromatic rings. The average Bonchev–Trinajstić information content (AvgIpc) is 3.61. The normalized spacial score (nSPS) is 29.0. The largest absolute Gasteiger partial charge is 0.508 e. The van der Waals surface area contributed by atoms with E-state index in [0.717, 1.165) is 32.2 Å². The van der Waals surface area contributed by atoms with Gasteiger partial charge in [0.1, 0.15) is 35.7 Å². The average molecular weight is 628 g/mol. The summed E-state index contributed by atoms with van der Waals surface area (Å²) in [5, 5.41) is 15.5. The van der Waals surface area contributed by atoms with Gasteiger partial charge in [-0.2, -0.15) is 9.97 Å². The van der Waals surface area contributed by atoms with Crippen LogP contribution in [0, 0.1) is 24.0 Å². The minimum Gasteiger partial charge on any atom is -0.508 e. The number of halogens is 3. The Bertz CT molecular complexity index is 1950. The van der Waals surface area contributed by atoms with Crippen LogP contribution in [0.1, 0.15) is 51.5 Å². The van der Waals surface area contributed by atoms with Gasteiger partial charge in [0.15, 0.2) is 5.82 Å². The van der Waals surface area contributed by atoms with Gasteiger partial charge in [0.05, 0.1) is 11.1 Å². The van der Waals surface area contributed by atoms with Crippen molar-refractivity contribution in [2.45, 2.75) is 68.7 Å². The van der Waals surface area contributed by atoms with Gasteiger partial charge in [-0.1, -0.05) is 18.1 Å². The van der Waals surface area contributed by atoms with Crippen LogP contribution in [0.4, 0.5) is 19.0 Å². The van der Waals surface area contributed by atoms with Crippen LogP contribution >= 0.6 is 0 Å². The number of benzene rings is 3. The van der Waals surface area contributed by atoms with Crippen LogP contribution in [0.3, 0.4) is 0 Å². The second kappa shape index (κ2) is 10.2. The van der Waals surface area contributed by atoms with Crippen molar-refractivity contribution >= 4 is 27.5 Å². The lowest BCUT2D eigenvalue weighted by Crippen LogP contribution is -2.63. The van der Waals surface area contributed by atoms with Crippen molar-refractivity contribution in [3.05, 3.63) is 53.6 Å². The zero-order valence-corrected chi connectivity index (χ0v) is 26.0. The summed E-state index contributed by atoms with van der Waals surface area (Å²) in [6, 6.07) is 9.25. The molecule has 46 heavy (non-hydrogen) atoms. The van der Waals surface area contributed by atoms with Gasteiger partial charge >= 0.3 is 6.01 Å². The minimum absolute atomic E-state index is 0.0336. The number of rotatable bonds is 5. The van der Waals surface area contributed by atoms with Gasteiger partial charge < -0.3 is 20.1 Å². The van der Waals surface area contributed by atoms with Crippen molar-refractivity contribution in [2.24, 2.45) is 0 Å². The fourth-order valence-electron chi connectivity index (χ4n) is 8.78. The topological polar surface area (TPSA) is 73.8 Å². The number of anilines is 1. The van der Waals surface area contributed by atoms with E-state index in [4.69, 9.17) is 16.1 Å². The molecule has 0 radical (unpaired) electrons. The van der Waals surface area contributed by atoms with Crippen molar-refractivity contribution in [1.29, 1.82) is 0 Å². The van der Waals surface area contributed by atoms with Gasteiger partial charge in [-0.15, -0.1) is 6.42 Å². The molecule has 4 atom stereocenters. The number of nitrogens with one attached hydrogen (secondary N) is 1. The Kier molecular flexibility index (Phi) is 6.52. The molecule has 1 aromatic heterocycles. The molecule has 4 aliphatic heterocycles. The van der Waals surface area contributed by atoms with E-state index in [1.165, 1.54) is 18.2 Å². The van der Waals surface area contributed by atoms with Crippen LogP contribution in [-0.4, -0.2) is 75.5 Å². The molecule has 7 nitrogen and oxygen atoms in total. The predicted molar refractivity (Wildman–Crippen MR) is 172 cm³/mol. The third-order valence-corrected chi connectivity index (χ3v) is 10.7. The highest BCUT2D eigenvalue weighted by Gasteiger charge is 2.50. The Morgan fingerprint density at radius 1 is 1.11 bits per heavy atom. The van der Waals surface area contributed by atoms with Crippen LogP contribution < -0.4 is 15.0 Å². The quantitative estimate of drug-likeness (QED) is 0.260. The molecule has 238 valence electrons. The first-order chi connectivity index (χ1) is 22.0. The number of phenols is 1. The highest BCUT2D eigenvalue weighted by Crippen LogP contribution is 2.44. The van der Waals surface area contributed by atoms with Gasteiger partial charge in [0.25, 0.3) is 0 Å². The summed E-state index contributed by atoms with van der Waals surface area (Å²) in [6.07, 6.45) is 8.91. The number of hydrogen-bond acceptors (Lipinski definition) is 7. The molecule has 3 aromatic carbocycles. The molecular weight excluding hydrogens is 591 g/mol. The fraction of sp³-hybridized carbons (Fsp3) is 0.444. The van der Waals surface area contributed by atoms with Crippen molar-refractivity contribution in [1.82, 2.24) is 20.2 Å². The van der Waals surface area contributed by atoms with Gasteiger partial charge in [-0.3, -0.25) is 4.90 Å². The summed E-state index contributed by atoms with van der Waals surface area (Å²) in [7, 11) is 0.